The van der Waals surface area contributed by atoms with Gasteiger partial charge >= 0.3 is 11.9 Å². The Kier molecular flexibility index (Phi) is 4.57. The van der Waals surface area contributed by atoms with Crippen molar-refractivity contribution in [3.8, 4) is 0 Å². The molecule has 2 aromatic rings. The molecule has 0 amide bonds. The Morgan fingerprint density at radius 3 is 2.75 bits per heavy atom. The van der Waals surface area contributed by atoms with Gasteiger partial charge in [0.15, 0.2) is 6.23 Å². The molecule has 0 saturated heterocycles. The number of carbonyl (C=O) groups excluding carboxylic acids is 2. The van der Waals surface area contributed by atoms with E-state index in [4.69, 9.17) is 14.2 Å². The van der Waals surface area contributed by atoms with Crippen molar-refractivity contribution in [1.29, 1.82) is 0 Å². The molecule has 0 spiro atoms. The number of ether oxygens (including phenoxy) is 3. The van der Waals surface area contributed by atoms with Crippen molar-refractivity contribution < 1.29 is 23.8 Å². The summed E-state index contributed by atoms with van der Waals surface area (Å²) in [6.45, 7) is 2.59. The predicted octanol–water partition coefficient (Wildman–Crippen LogP) is 1.38. The quantitative estimate of drug-likeness (QED) is 0.617. The van der Waals surface area contributed by atoms with Crippen molar-refractivity contribution in [3.05, 3.63) is 36.4 Å². The standard InChI is InChI=1S/C16H17N3O5/c1-10(20)22-9-15-14(23-11(2)21)7-8-16(24-15)19-13-6-4-3-5-12(13)17-18-19/h3-8,14-16H,9H2,1-2H3/t14-,15+,16-/m0/s1. The summed E-state index contributed by atoms with van der Waals surface area (Å²) >= 11 is 0. The number of hydrogen-bond donors (Lipinski definition) is 0. The Morgan fingerprint density at radius 1 is 1.21 bits per heavy atom. The summed E-state index contributed by atoms with van der Waals surface area (Å²) in [6, 6.07) is 7.49. The van der Waals surface area contributed by atoms with Gasteiger partial charge < -0.3 is 14.2 Å². The molecule has 0 saturated carbocycles. The number of esters is 2. The van der Waals surface area contributed by atoms with E-state index in [9.17, 15) is 9.59 Å². The third-order valence-electron chi connectivity index (χ3n) is 3.52. The van der Waals surface area contributed by atoms with E-state index in [0.717, 1.165) is 11.0 Å². The summed E-state index contributed by atoms with van der Waals surface area (Å²) < 4.78 is 17.8. The molecule has 1 aromatic carbocycles. The molecule has 0 radical (unpaired) electrons. The van der Waals surface area contributed by atoms with Crippen LogP contribution in [-0.2, 0) is 23.8 Å². The summed E-state index contributed by atoms with van der Waals surface area (Å²) in [7, 11) is 0. The van der Waals surface area contributed by atoms with Gasteiger partial charge in [0.05, 0.1) is 5.52 Å². The minimum absolute atomic E-state index is 0.0270. The van der Waals surface area contributed by atoms with Crippen molar-refractivity contribution in [2.24, 2.45) is 0 Å². The molecule has 8 nitrogen and oxygen atoms in total. The zero-order valence-electron chi connectivity index (χ0n) is 13.3. The third kappa shape index (κ3) is 3.43. The fourth-order valence-electron chi connectivity index (χ4n) is 2.48. The Hall–Kier alpha value is -2.74. The van der Waals surface area contributed by atoms with E-state index in [-0.39, 0.29) is 6.61 Å². The Morgan fingerprint density at radius 2 is 2.00 bits per heavy atom. The zero-order valence-corrected chi connectivity index (χ0v) is 13.3. The van der Waals surface area contributed by atoms with Gasteiger partial charge in [-0.1, -0.05) is 17.3 Å². The largest absolute Gasteiger partial charge is 0.463 e. The van der Waals surface area contributed by atoms with Gasteiger partial charge in [0.25, 0.3) is 0 Å². The van der Waals surface area contributed by atoms with Crippen LogP contribution >= 0.6 is 0 Å². The van der Waals surface area contributed by atoms with Gasteiger partial charge in [-0.2, -0.15) is 0 Å². The van der Waals surface area contributed by atoms with Crippen LogP contribution in [0, 0.1) is 0 Å². The van der Waals surface area contributed by atoms with E-state index in [2.05, 4.69) is 10.3 Å². The van der Waals surface area contributed by atoms with Crippen molar-refractivity contribution in [1.82, 2.24) is 15.0 Å². The highest BCUT2D eigenvalue weighted by Gasteiger charge is 2.32. The first-order valence-electron chi connectivity index (χ1n) is 7.49. The van der Waals surface area contributed by atoms with Crippen LogP contribution in [0.1, 0.15) is 20.1 Å². The number of hydrogen-bond acceptors (Lipinski definition) is 7. The second-order valence-corrected chi connectivity index (χ2v) is 5.35. The average molecular weight is 331 g/mol. The van der Waals surface area contributed by atoms with Gasteiger partial charge in [0.1, 0.15) is 24.3 Å². The first-order chi connectivity index (χ1) is 11.5. The lowest BCUT2D eigenvalue weighted by atomic mass is 10.1. The maximum absolute atomic E-state index is 11.2. The predicted molar refractivity (Wildman–Crippen MR) is 82.8 cm³/mol. The van der Waals surface area contributed by atoms with Gasteiger partial charge in [0, 0.05) is 13.8 Å². The van der Waals surface area contributed by atoms with E-state index in [1.54, 1.807) is 16.8 Å². The SMILES string of the molecule is CC(=O)OC[C@H]1O[C@H](n2nnc3ccccc32)C=C[C@@H]1OC(C)=O. The lowest BCUT2D eigenvalue weighted by Gasteiger charge is -2.31. The molecule has 0 fully saturated rings. The van der Waals surface area contributed by atoms with Crippen molar-refractivity contribution in [2.45, 2.75) is 32.3 Å². The second-order valence-electron chi connectivity index (χ2n) is 5.35. The molecule has 1 aliphatic heterocycles. The van der Waals surface area contributed by atoms with Crippen LogP contribution in [0.25, 0.3) is 11.0 Å². The molecule has 0 bridgehead atoms. The number of aromatic nitrogens is 3. The normalized spacial score (nSPS) is 23.2. The van der Waals surface area contributed by atoms with Crippen LogP contribution in [0.5, 0.6) is 0 Å². The van der Waals surface area contributed by atoms with E-state index in [1.807, 2.05) is 24.3 Å². The molecule has 0 N–H and O–H groups in total. The molecule has 1 aliphatic rings. The highest BCUT2D eigenvalue weighted by molar-refractivity contribution is 5.74. The molecule has 8 heteroatoms. The minimum atomic E-state index is -0.632. The monoisotopic (exact) mass is 331 g/mol. The van der Waals surface area contributed by atoms with Crippen LogP contribution in [-0.4, -0.2) is 45.7 Å². The number of rotatable bonds is 4. The van der Waals surface area contributed by atoms with Crippen LogP contribution < -0.4 is 0 Å². The summed E-state index contributed by atoms with van der Waals surface area (Å²) in [6.07, 6.45) is 1.65. The maximum Gasteiger partial charge on any atom is 0.303 e. The lowest BCUT2D eigenvalue weighted by molar-refractivity contribution is -0.168. The summed E-state index contributed by atoms with van der Waals surface area (Å²) in [5.74, 6) is -0.872. The molecule has 1 aromatic heterocycles. The number of nitrogens with zero attached hydrogens (tertiary/aromatic N) is 3. The van der Waals surface area contributed by atoms with E-state index in [0.29, 0.717) is 0 Å². The molecule has 24 heavy (non-hydrogen) atoms. The van der Waals surface area contributed by atoms with Crippen molar-refractivity contribution in [2.75, 3.05) is 6.61 Å². The molecule has 2 heterocycles. The molecule has 3 atom stereocenters. The van der Waals surface area contributed by atoms with E-state index in [1.165, 1.54) is 13.8 Å². The second kappa shape index (κ2) is 6.79. The van der Waals surface area contributed by atoms with Crippen molar-refractivity contribution in [3.63, 3.8) is 0 Å². The molecule has 3 rings (SSSR count). The zero-order chi connectivity index (χ0) is 17.1. The van der Waals surface area contributed by atoms with Gasteiger partial charge in [-0.25, -0.2) is 4.68 Å². The van der Waals surface area contributed by atoms with Gasteiger partial charge in [-0.15, -0.1) is 5.10 Å². The Labute approximate surface area is 138 Å². The molecular weight excluding hydrogens is 314 g/mol. The molecule has 0 aliphatic carbocycles. The fraction of sp³-hybridized carbons (Fsp3) is 0.375. The average Bonchev–Trinajstić information content (AvgIpc) is 2.97. The van der Waals surface area contributed by atoms with E-state index < -0.39 is 30.4 Å². The first kappa shape index (κ1) is 16.1. The highest BCUT2D eigenvalue weighted by Crippen LogP contribution is 2.25. The van der Waals surface area contributed by atoms with Crippen LogP contribution in [0.2, 0.25) is 0 Å². The first-order valence-corrected chi connectivity index (χ1v) is 7.49. The third-order valence-corrected chi connectivity index (χ3v) is 3.52. The molecular formula is C16H17N3O5. The van der Waals surface area contributed by atoms with Gasteiger partial charge in [-0.3, -0.25) is 9.59 Å². The smallest absolute Gasteiger partial charge is 0.303 e. The van der Waals surface area contributed by atoms with Gasteiger partial charge in [-0.05, 0) is 24.3 Å². The summed E-state index contributed by atoms with van der Waals surface area (Å²) in [5.41, 5.74) is 1.55. The minimum Gasteiger partial charge on any atom is -0.463 e. The van der Waals surface area contributed by atoms with Crippen LogP contribution in [0.3, 0.4) is 0 Å². The Balaban J connectivity index is 1.85. The van der Waals surface area contributed by atoms with Gasteiger partial charge in [0.2, 0.25) is 0 Å². The Bertz CT molecular complexity index is 785. The topological polar surface area (TPSA) is 92.5 Å². The number of fused-ring (bicyclic) bond motifs is 1. The van der Waals surface area contributed by atoms with E-state index >= 15 is 0 Å². The number of para-hydroxylation sites is 1. The van der Waals surface area contributed by atoms with Crippen LogP contribution in [0.4, 0.5) is 0 Å². The number of benzene rings is 1. The van der Waals surface area contributed by atoms with Crippen molar-refractivity contribution >= 4 is 23.0 Å². The molecule has 0 unspecified atom stereocenters. The number of carbonyl (C=O) groups is 2. The molecule has 126 valence electrons. The highest BCUT2D eigenvalue weighted by atomic mass is 16.6. The summed E-state index contributed by atoms with van der Waals surface area (Å²) in [5, 5.41) is 8.20. The lowest BCUT2D eigenvalue weighted by Crippen LogP contribution is -2.40. The van der Waals surface area contributed by atoms with Crippen LogP contribution in [0.15, 0.2) is 36.4 Å². The maximum atomic E-state index is 11.2. The summed E-state index contributed by atoms with van der Waals surface area (Å²) in [4.78, 5) is 22.3. The fourth-order valence-corrected chi connectivity index (χ4v) is 2.48.